The van der Waals surface area contributed by atoms with E-state index in [1.54, 1.807) is 26.0 Å². The Morgan fingerprint density at radius 1 is 0.881 bits per heavy atom. The molecule has 2 aromatic heterocycles. The molecule has 2 saturated heterocycles. The van der Waals surface area contributed by atoms with Crippen LogP contribution in [0.15, 0.2) is 40.3 Å². The van der Waals surface area contributed by atoms with Crippen molar-refractivity contribution >= 4 is 35.1 Å². The highest BCUT2D eigenvalue weighted by Gasteiger charge is 2.57. The summed E-state index contributed by atoms with van der Waals surface area (Å²) in [6.07, 6.45) is 1.50. The average molecular weight is 603 g/mol. The summed E-state index contributed by atoms with van der Waals surface area (Å²) in [6.45, 7) is 12.8. The van der Waals surface area contributed by atoms with Crippen molar-refractivity contribution in [3.8, 4) is 0 Å². The number of hydrogen-bond acceptors (Lipinski definition) is 10. The van der Waals surface area contributed by atoms with Crippen LogP contribution in [0, 0.1) is 11.8 Å². The molecule has 4 atom stereocenters. The number of nitrogens with one attached hydrogen (secondary N) is 2. The van der Waals surface area contributed by atoms with Gasteiger partial charge in [0.25, 0.3) is 0 Å². The lowest BCUT2D eigenvalue weighted by molar-refractivity contribution is -0.193. The van der Waals surface area contributed by atoms with Crippen LogP contribution in [0.25, 0.3) is 0 Å². The zero-order valence-electron chi connectivity index (χ0n) is 25.2. The highest BCUT2D eigenvalue weighted by Crippen LogP contribution is 2.36. The van der Waals surface area contributed by atoms with Crippen molar-refractivity contribution in [2.45, 2.75) is 77.9 Å². The van der Waals surface area contributed by atoms with Crippen molar-refractivity contribution in [3.63, 3.8) is 0 Å². The second kappa shape index (κ2) is 13.0. The topological polar surface area (TPSA) is 130 Å². The molecule has 4 heterocycles. The predicted molar refractivity (Wildman–Crippen MR) is 156 cm³/mol. The molecule has 2 aliphatic rings. The van der Waals surface area contributed by atoms with Crippen molar-refractivity contribution in [1.29, 1.82) is 0 Å². The van der Waals surface area contributed by atoms with E-state index in [0.29, 0.717) is 31.9 Å². The minimum absolute atomic E-state index is 0.0465. The molecule has 2 amide bonds. The Bertz CT molecular complexity index is 1150. The first-order valence-corrected chi connectivity index (χ1v) is 15.3. The number of likely N-dealkylation sites (N-methyl/N-ethyl adjacent to an activating group) is 2. The van der Waals surface area contributed by atoms with E-state index in [2.05, 4.69) is 10.6 Å². The molecule has 42 heavy (non-hydrogen) atoms. The molecule has 4 rings (SSSR count). The van der Waals surface area contributed by atoms with Gasteiger partial charge in [-0.25, -0.2) is 0 Å². The standard InChI is InChI=1S/C30H42N4O7S/c1-7-33-17-29(3,4)40-27(37)23(33)21(25(35)31-15-19-11-9-13-39-19)22(26(36)32-16-20-12-10-14-42-20)24-28(38)41-30(5,6)18-34(24)8-2/h9-14,21-24H,7-8,15-18H2,1-6H3,(H,31,35)(H,32,36). The monoisotopic (exact) mass is 602 g/mol. The molecule has 2 fully saturated rings. The minimum atomic E-state index is -1.28. The van der Waals surface area contributed by atoms with E-state index in [-0.39, 0.29) is 13.1 Å². The van der Waals surface area contributed by atoms with Crippen LogP contribution in [0.5, 0.6) is 0 Å². The number of thiophene rings is 1. The molecule has 12 heteroatoms. The Morgan fingerprint density at radius 3 is 1.83 bits per heavy atom. The lowest BCUT2D eigenvalue weighted by Gasteiger charge is -2.49. The largest absolute Gasteiger partial charge is 0.467 e. The molecule has 11 nitrogen and oxygen atoms in total. The van der Waals surface area contributed by atoms with Crippen molar-refractivity contribution < 1.29 is 33.1 Å². The first-order valence-electron chi connectivity index (χ1n) is 14.4. The number of rotatable bonds is 11. The van der Waals surface area contributed by atoms with E-state index in [4.69, 9.17) is 13.9 Å². The second-order valence-corrected chi connectivity index (χ2v) is 13.1. The number of esters is 2. The highest BCUT2D eigenvalue weighted by molar-refractivity contribution is 7.09. The van der Waals surface area contributed by atoms with Gasteiger partial charge in [-0.2, -0.15) is 0 Å². The summed E-state index contributed by atoms with van der Waals surface area (Å²) in [5, 5.41) is 7.71. The van der Waals surface area contributed by atoms with Crippen LogP contribution in [0.1, 0.15) is 52.2 Å². The molecule has 0 bridgehead atoms. The molecule has 0 spiro atoms. The van der Waals surface area contributed by atoms with Crippen LogP contribution in [0.3, 0.4) is 0 Å². The molecule has 0 saturated carbocycles. The Labute approximate surface area is 250 Å². The fourth-order valence-corrected chi connectivity index (χ4v) is 6.63. The maximum Gasteiger partial charge on any atom is 0.324 e. The molecule has 0 aromatic carbocycles. The molecule has 0 radical (unpaired) electrons. The van der Waals surface area contributed by atoms with Crippen LogP contribution >= 0.6 is 11.3 Å². The summed E-state index contributed by atoms with van der Waals surface area (Å²) in [6, 6.07) is 4.98. The zero-order chi connectivity index (χ0) is 30.7. The predicted octanol–water partition coefficient (Wildman–Crippen LogP) is 2.56. The van der Waals surface area contributed by atoms with E-state index >= 15 is 0 Å². The number of morpholine rings is 2. The van der Waals surface area contributed by atoms with Gasteiger partial charge < -0.3 is 24.5 Å². The number of furan rings is 1. The fraction of sp³-hybridized carbons (Fsp3) is 0.600. The maximum absolute atomic E-state index is 14.2. The average Bonchev–Trinajstić information content (AvgIpc) is 3.63. The van der Waals surface area contributed by atoms with Gasteiger partial charge in [0.05, 0.1) is 31.2 Å². The Balaban J connectivity index is 1.80. The number of carbonyl (C=O) groups excluding carboxylic acids is 4. The van der Waals surface area contributed by atoms with Crippen LogP contribution in [0.2, 0.25) is 0 Å². The van der Waals surface area contributed by atoms with Gasteiger partial charge in [-0.1, -0.05) is 19.9 Å². The molecule has 2 aromatic rings. The molecular formula is C30H42N4O7S. The molecule has 2 aliphatic heterocycles. The third kappa shape index (κ3) is 7.22. The normalized spacial score (nSPS) is 23.9. The Hall–Kier alpha value is -3.22. The first kappa shape index (κ1) is 31.7. The van der Waals surface area contributed by atoms with Gasteiger partial charge in [-0.15, -0.1) is 11.3 Å². The highest BCUT2D eigenvalue weighted by atomic mass is 32.1. The third-order valence-electron chi connectivity index (χ3n) is 7.71. The summed E-state index contributed by atoms with van der Waals surface area (Å²) in [7, 11) is 0. The Morgan fingerprint density at radius 2 is 1.40 bits per heavy atom. The zero-order valence-corrected chi connectivity index (χ0v) is 26.0. The molecule has 0 aliphatic carbocycles. The van der Waals surface area contributed by atoms with Crippen molar-refractivity contribution in [3.05, 3.63) is 46.5 Å². The number of nitrogens with zero attached hydrogens (tertiary/aromatic N) is 2. The van der Waals surface area contributed by atoms with E-state index in [9.17, 15) is 19.2 Å². The van der Waals surface area contributed by atoms with Crippen molar-refractivity contribution in [2.75, 3.05) is 26.2 Å². The number of hydrogen-bond donors (Lipinski definition) is 2. The van der Waals surface area contributed by atoms with Crippen molar-refractivity contribution in [2.24, 2.45) is 11.8 Å². The SMILES string of the molecule is CCN1CC(C)(C)OC(=O)C1C(C(=O)NCc1ccco1)C(C(=O)NCc1cccs1)C1C(=O)OC(C)(C)CN1CC. The van der Waals surface area contributed by atoms with Crippen molar-refractivity contribution in [1.82, 2.24) is 20.4 Å². The van der Waals surface area contributed by atoms with Gasteiger partial charge in [0, 0.05) is 18.0 Å². The van der Waals surface area contributed by atoms with E-state index in [1.807, 2.05) is 55.0 Å². The quantitative estimate of drug-likeness (QED) is 0.373. The van der Waals surface area contributed by atoms with Crippen LogP contribution in [-0.2, 0) is 41.7 Å². The summed E-state index contributed by atoms with van der Waals surface area (Å²) < 4.78 is 17.0. The van der Waals surface area contributed by atoms with Gasteiger partial charge >= 0.3 is 11.9 Å². The molecule has 230 valence electrons. The first-order chi connectivity index (χ1) is 19.9. The summed E-state index contributed by atoms with van der Waals surface area (Å²) >= 11 is 1.48. The van der Waals surface area contributed by atoms with Gasteiger partial charge in [-0.3, -0.25) is 29.0 Å². The number of cyclic esters (lactones) is 2. The lowest BCUT2D eigenvalue weighted by Crippen LogP contribution is -2.68. The van der Waals surface area contributed by atoms with E-state index < -0.39 is 58.9 Å². The summed E-state index contributed by atoms with van der Waals surface area (Å²) in [4.78, 5) is 60.6. The molecule has 4 unspecified atom stereocenters. The van der Waals surface area contributed by atoms with Crippen LogP contribution < -0.4 is 10.6 Å². The van der Waals surface area contributed by atoms with Gasteiger partial charge in [-0.05, 0) is 64.4 Å². The lowest BCUT2D eigenvalue weighted by atomic mass is 9.76. The van der Waals surface area contributed by atoms with Gasteiger partial charge in [0.15, 0.2) is 0 Å². The van der Waals surface area contributed by atoms with Gasteiger partial charge in [0.1, 0.15) is 29.0 Å². The fourth-order valence-electron chi connectivity index (χ4n) is 5.98. The second-order valence-electron chi connectivity index (χ2n) is 12.0. The number of carbonyl (C=O) groups is 4. The summed E-state index contributed by atoms with van der Waals surface area (Å²) in [5.74, 6) is -4.34. The van der Waals surface area contributed by atoms with Gasteiger partial charge in [0.2, 0.25) is 11.8 Å². The molecule has 2 N–H and O–H groups in total. The smallest absolute Gasteiger partial charge is 0.324 e. The van der Waals surface area contributed by atoms with E-state index in [0.717, 1.165) is 4.88 Å². The number of amides is 2. The Kier molecular flexibility index (Phi) is 9.79. The van der Waals surface area contributed by atoms with Crippen LogP contribution in [-0.4, -0.2) is 83.0 Å². The third-order valence-corrected chi connectivity index (χ3v) is 8.59. The molecular weight excluding hydrogens is 560 g/mol. The minimum Gasteiger partial charge on any atom is -0.467 e. The number of ether oxygens (including phenoxy) is 2. The van der Waals surface area contributed by atoms with E-state index in [1.165, 1.54) is 17.6 Å². The van der Waals surface area contributed by atoms with Crippen LogP contribution in [0.4, 0.5) is 0 Å². The maximum atomic E-state index is 14.2. The summed E-state index contributed by atoms with van der Waals surface area (Å²) in [5.41, 5.74) is -1.58.